The minimum atomic E-state index is -3.51. The van der Waals surface area contributed by atoms with Gasteiger partial charge < -0.3 is 9.47 Å². The molecule has 2 aliphatic heterocycles. The number of para-hydroxylation sites is 1. The smallest absolute Gasteiger partial charge is 0.246 e. The zero-order chi connectivity index (χ0) is 14.9. The number of hydrogen-bond acceptors (Lipinski definition) is 5. The van der Waals surface area contributed by atoms with Crippen molar-refractivity contribution in [2.45, 2.75) is 22.7 Å². The number of sulfonamides is 1. The number of piperidine rings is 1. The van der Waals surface area contributed by atoms with Gasteiger partial charge in [0.1, 0.15) is 15.6 Å². The molecule has 1 aromatic carbocycles. The Hall–Kier alpha value is -0.760. The lowest BCUT2D eigenvalue weighted by atomic mass is 10.1. The van der Waals surface area contributed by atoms with Gasteiger partial charge in [0.05, 0.1) is 13.7 Å². The number of nitrogens with zero attached hydrogens (tertiary/aromatic N) is 1. The van der Waals surface area contributed by atoms with Crippen LogP contribution in [0.4, 0.5) is 0 Å². The Kier molecular flexibility index (Phi) is 4.18. The van der Waals surface area contributed by atoms with Crippen LogP contribution in [0.2, 0.25) is 0 Å². The van der Waals surface area contributed by atoms with Gasteiger partial charge in [-0.15, -0.1) is 11.8 Å². The number of benzene rings is 1. The molecular weight excluding hydrogens is 310 g/mol. The highest BCUT2D eigenvalue weighted by Gasteiger charge is 2.42. The third-order valence-corrected chi connectivity index (χ3v) is 7.35. The first kappa shape index (κ1) is 15.1. The van der Waals surface area contributed by atoms with Crippen molar-refractivity contribution in [1.82, 2.24) is 4.31 Å². The van der Waals surface area contributed by atoms with Crippen molar-refractivity contribution >= 4 is 21.8 Å². The van der Waals surface area contributed by atoms with E-state index in [2.05, 4.69) is 0 Å². The maximum atomic E-state index is 12.8. The lowest BCUT2D eigenvalue weighted by molar-refractivity contribution is 0.0161. The molecule has 0 saturated carbocycles. The van der Waals surface area contributed by atoms with E-state index in [9.17, 15) is 8.42 Å². The van der Waals surface area contributed by atoms with Gasteiger partial charge in [-0.25, -0.2) is 8.42 Å². The number of hydrogen-bond donors (Lipinski definition) is 0. The SMILES string of the molecule is COc1ccccc1S(=O)(=O)N1CCC2(CC1)OCCS2. The van der Waals surface area contributed by atoms with Crippen LogP contribution in [-0.2, 0) is 14.8 Å². The summed E-state index contributed by atoms with van der Waals surface area (Å²) < 4.78 is 38.1. The van der Waals surface area contributed by atoms with E-state index in [1.54, 1.807) is 28.6 Å². The van der Waals surface area contributed by atoms with E-state index in [1.165, 1.54) is 7.11 Å². The highest BCUT2D eigenvalue weighted by Crippen LogP contribution is 2.42. The predicted molar refractivity (Wildman–Crippen MR) is 82.1 cm³/mol. The van der Waals surface area contributed by atoms with Crippen LogP contribution in [0.15, 0.2) is 29.2 Å². The molecule has 2 fully saturated rings. The van der Waals surface area contributed by atoms with E-state index in [4.69, 9.17) is 9.47 Å². The van der Waals surface area contributed by atoms with Gasteiger partial charge in [0, 0.05) is 18.8 Å². The summed E-state index contributed by atoms with van der Waals surface area (Å²) in [5.74, 6) is 1.39. The van der Waals surface area contributed by atoms with Crippen LogP contribution in [0.5, 0.6) is 5.75 Å². The average Bonchev–Trinajstić information content (AvgIpc) is 2.96. The van der Waals surface area contributed by atoms with Crippen molar-refractivity contribution in [3.63, 3.8) is 0 Å². The molecular formula is C14H19NO4S2. The van der Waals surface area contributed by atoms with Crippen molar-refractivity contribution in [2.24, 2.45) is 0 Å². The fourth-order valence-corrected chi connectivity index (χ4v) is 5.60. The largest absolute Gasteiger partial charge is 0.495 e. The third-order valence-electron chi connectivity index (χ3n) is 3.98. The molecule has 0 unspecified atom stereocenters. The molecule has 3 rings (SSSR count). The van der Waals surface area contributed by atoms with Gasteiger partial charge in [-0.1, -0.05) is 12.1 Å². The van der Waals surface area contributed by atoms with Crippen molar-refractivity contribution in [3.05, 3.63) is 24.3 Å². The Morgan fingerprint density at radius 2 is 2.00 bits per heavy atom. The first-order chi connectivity index (χ1) is 10.1. The van der Waals surface area contributed by atoms with E-state index < -0.39 is 10.0 Å². The minimum Gasteiger partial charge on any atom is -0.495 e. The number of methoxy groups -OCH3 is 1. The Bertz CT molecular complexity index is 601. The minimum absolute atomic E-state index is 0.160. The van der Waals surface area contributed by atoms with Gasteiger partial charge >= 0.3 is 0 Å². The summed E-state index contributed by atoms with van der Waals surface area (Å²) in [6.45, 7) is 1.75. The molecule has 0 radical (unpaired) electrons. The van der Waals surface area contributed by atoms with Gasteiger partial charge in [0.15, 0.2) is 0 Å². The van der Waals surface area contributed by atoms with Crippen molar-refractivity contribution in [1.29, 1.82) is 0 Å². The maximum absolute atomic E-state index is 12.8. The molecule has 1 aromatic rings. The molecule has 0 atom stereocenters. The van der Waals surface area contributed by atoms with E-state index >= 15 is 0 Å². The molecule has 116 valence electrons. The summed E-state index contributed by atoms with van der Waals surface area (Å²) in [4.78, 5) is 0.0794. The van der Waals surface area contributed by atoms with E-state index in [0.717, 1.165) is 25.2 Å². The number of rotatable bonds is 3. The summed E-state index contributed by atoms with van der Waals surface area (Å²) in [5.41, 5.74) is 0. The molecule has 2 saturated heterocycles. The van der Waals surface area contributed by atoms with Crippen molar-refractivity contribution < 1.29 is 17.9 Å². The Labute approximate surface area is 129 Å². The van der Waals surface area contributed by atoms with Gasteiger partial charge in [-0.2, -0.15) is 4.31 Å². The molecule has 2 aliphatic rings. The Balaban J connectivity index is 1.80. The van der Waals surface area contributed by atoms with Gasteiger partial charge in [-0.05, 0) is 25.0 Å². The Morgan fingerprint density at radius 3 is 2.62 bits per heavy atom. The second-order valence-electron chi connectivity index (χ2n) is 5.16. The maximum Gasteiger partial charge on any atom is 0.246 e. The molecule has 7 heteroatoms. The molecule has 0 N–H and O–H groups in total. The zero-order valence-electron chi connectivity index (χ0n) is 11.9. The first-order valence-corrected chi connectivity index (χ1v) is 9.41. The van der Waals surface area contributed by atoms with E-state index in [1.807, 2.05) is 11.8 Å². The zero-order valence-corrected chi connectivity index (χ0v) is 13.6. The highest BCUT2D eigenvalue weighted by molar-refractivity contribution is 8.00. The Morgan fingerprint density at radius 1 is 1.29 bits per heavy atom. The topological polar surface area (TPSA) is 55.8 Å². The molecule has 21 heavy (non-hydrogen) atoms. The van der Waals surface area contributed by atoms with Crippen LogP contribution in [0, 0.1) is 0 Å². The highest BCUT2D eigenvalue weighted by atomic mass is 32.2. The molecule has 5 nitrogen and oxygen atoms in total. The van der Waals surface area contributed by atoms with Crippen LogP contribution >= 0.6 is 11.8 Å². The van der Waals surface area contributed by atoms with Crippen LogP contribution < -0.4 is 4.74 Å². The second kappa shape index (κ2) is 5.79. The van der Waals surface area contributed by atoms with Crippen molar-refractivity contribution in [2.75, 3.05) is 32.6 Å². The lowest BCUT2D eigenvalue weighted by Crippen LogP contribution is -2.45. The van der Waals surface area contributed by atoms with Gasteiger partial charge in [0.2, 0.25) is 10.0 Å². The fourth-order valence-electron chi connectivity index (χ4n) is 2.82. The summed E-state index contributed by atoms with van der Waals surface area (Å²) in [6.07, 6.45) is 1.48. The normalized spacial score (nSPS) is 22.5. The summed E-state index contributed by atoms with van der Waals surface area (Å²) in [6, 6.07) is 6.76. The molecule has 2 heterocycles. The molecule has 1 spiro atoms. The predicted octanol–water partition coefficient (Wildman–Crippen LogP) is 1.94. The number of thioether (sulfide) groups is 1. The van der Waals surface area contributed by atoms with Gasteiger partial charge in [0.25, 0.3) is 0 Å². The summed E-state index contributed by atoms with van der Waals surface area (Å²) >= 11 is 1.81. The quantitative estimate of drug-likeness (QED) is 0.848. The van der Waals surface area contributed by atoms with Crippen LogP contribution in [0.25, 0.3) is 0 Å². The molecule has 0 bridgehead atoms. The van der Waals surface area contributed by atoms with Crippen molar-refractivity contribution in [3.8, 4) is 5.75 Å². The van der Waals surface area contributed by atoms with E-state index in [0.29, 0.717) is 18.8 Å². The second-order valence-corrected chi connectivity index (χ2v) is 8.51. The monoisotopic (exact) mass is 329 g/mol. The summed E-state index contributed by atoms with van der Waals surface area (Å²) in [5, 5.41) is 0. The average molecular weight is 329 g/mol. The standard InChI is InChI=1S/C14H19NO4S2/c1-18-12-4-2-3-5-13(12)21(16,17)15-8-6-14(7-9-15)19-10-11-20-14/h2-5H,6-11H2,1H3. The fraction of sp³-hybridized carbons (Fsp3) is 0.571. The molecule has 0 aromatic heterocycles. The van der Waals surface area contributed by atoms with Gasteiger partial charge in [-0.3, -0.25) is 0 Å². The lowest BCUT2D eigenvalue weighted by Gasteiger charge is -2.37. The third kappa shape index (κ3) is 2.79. The number of ether oxygens (including phenoxy) is 2. The summed E-state index contributed by atoms with van der Waals surface area (Å²) in [7, 11) is -2.02. The van der Waals surface area contributed by atoms with Crippen LogP contribution in [0.3, 0.4) is 0 Å². The molecule has 0 aliphatic carbocycles. The van der Waals surface area contributed by atoms with Crippen LogP contribution in [-0.4, -0.2) is 50.2 Å². The molecule has 0 amide bonds. The van der Waals surface area contributed by atoms with E-state index in [-0.39, 0.29) is 9.83 Å². The van der Waals surface area contributed by atoms with Crippen LogP contribution in [0.1, 0.15) is 12.8 Å². The first-order valence-electron chi connectivity index (χ1n) is 6.98.